The summed E-state index contributed by atoms with van der Waals surface area (Å²) in [5, 5.41) is 0. The molecule has 0 aliphatic carbocycles. The molecule has 1 aromatic heterocycles. The molecule has 1 heterocycles. The molecule has 7 heteroatoms. The Labute approximate surface area is 111 Å². The van der Waals surface area contributed by atoms with Gasteiger partial charge in [-0.25, -0.2) is 13.2 Å². The normalized spacial score (nSPS) is 11.8. The number of carbonyl (C=O) groups is 1. The molecule has 1 rings (SSSR count). The molecule has 0 fully saturated rings. The van der Waals surface area contributed by atoms with E-state index in [9.17, 15) is 13.2 Å². The highest BCUT2D eigenvalue weighted by Gasteiger charge is 2.24. The molecule has 0 spiro atoms. The summed E-state index contributed by atoms with van der Waals surface area (Å²) in [6, 6.07) is 2.93. The molecule has 0 aromatic carbocycles. The third-order valence-electron chi connectivity index (χ3n) is 2.36. The number of hydrogen-bond acceptors (Lipinski definition) is 5. The summed E-state index contributed by atoms with van der Waals surface area (Å²) >= 11 is 0.943. The predicted octanol–water partition coefficient (Wildman–Crippen LogP) is 1.96. The number of ether oxygens (including phenoxy) is 1. The van der Waals surface area contributed by atoms with Crippen molar-refractivity contribution in [3.8, 4) is 0 Å². The first kappa shape index (κ1) is 15.1. The highest BCUT2D eigenvalue weighted by molar-refractivity contribution is 7.91. The number of thiophene rings is 1. The third-order valence-corrected chi connectivity index (χ3v) is 5.94. The van der Waals surface area contributed by atoms with E-state index in [-0.39, 0.29) is 10.8 Å². The lowest BCUT2D eigenvalue weighted by molar-refractivity contribution is 0.0532. The fourth-order valence-corrected chi connectivity index (χ4v) is 4.27. The summed E-state index contributed by atoms with van der Waals surface area (Å²) in [5.41, 5.74) is 0. The number of nitrogens with zero attached hydrogens (tertiary/aromatic N) is 1. The average molecular weight is 291 g/mol. The maximum Gasteiger partial charge on any atom is 0.348 e. The van der Waals surface area contributed by atoms with Gasteiger partial charge in [0.15, 0.2) is 0 Å². The molecule has 0 aliphatic heterocycles. The van der Waals surface area contributed by atoms with Crippen molar-refractivity contribution in [2.75, 3.05) is 19.7 Å². The Hall–Kier alpha value is -0.920. The van der Waals surface area contributed by atoms with Crippen molar-refractivity contribution in [1.82, 2.24) is 4.31 Å². The first-order valence-corrected chi connectivity index (χ1v) is 8.00. The maximum absolute atomic E-state index is 12.2. The van der Waals surface area contributed by atoms with Crippen LogP contribution in [0, 0.1) is 0 Å². The van der Waals surface area contributed by atoms with Crippen LogP contribution < -0.4 is 0 Å². The van der Waals surface area contributed by atoms with E-state index in [1.807, 2.05) is 0 Å². The van der Waals surface area contributed by atoms with Crippen LogP contribution in [0.3, 0.4) is 0 Å². The first-order chi connectivity index (χ1) is 8.47. The fourth-order valence-electron chi connectivity index (χ4n) is 1.46. The number of hydrogen-bond donors (Lipinski definition) is 0. The van der Waals surface area contributed by atoms with E-state index in [1.165, 1.54) is 16.4 Å². The molecule has 0 saturated heterocycles. The van der Waals surface area contributed by atoms with Crippen LogP contribution in [-0.2, 0) is 14.8 Å². The summed E-state index contributed by atoms with van der Waals surface area (Å²) in [6.45, 7) is 6.35. The zero-order valence-corrected chi connectivity index (χ0v) is 12.3. The molecule has 1 aromatic rings. The van der Waals surface area contributed by atoms with Crippen LogP contribution in [0.5, 0.6) is 0 Å². The molecule has 0 unspecified atom stereocenters. The molecular weight excluding hydrogens is 274 g/mol. The van der Waals surface area contributed by atoms with Crippen LogP contribution in [-0.4, -0.2) is 38.4 Å². The Bertz CT molecular complexity index is 503. The predicted molar refractivity (Wildman–Crippen MR) is 70.4 cm³/mol. The van der Waals surface area contributed by atoms with Crippen LogP contribution >= 0.6 is 11.3 Å². The van der Waals surface area contributed by atoms with Crippen molar-refractivity contribution in [2.24, 2.45) is 0 Å². The lowest BCUT2D eigenvalue weighted by Gasteiger charge is -2.16. The monoisotopic (exact) mass is 291 g/mol. The van der Waals surface area contributed by atoms with Gasteiger partial charge in [0.25, 0.3) is 10.0 Å². The quantitative estimate of drug-likeness (QED) is 0.752. The van der Waals surface area contributed by atoms with Gasteiger partial charge in [0.05, 0.1) is 6.61 Å². The molecule has 0 aliphatic rings. The summed E-state index contributed by atoms with van der Waals surface area (Å²) in [7, 11) is -3.48. The van der Waals surface area contributed by atoms with Gasteiger partial charge in [-0.15, -0.1) is 11.3 Å². The molecule has 0 saturated carbocycles. The standard InChI is InChI=1S/C11H17NO4S2/c1-4-12(5-2)18(14,15)10-8-7-9(17-10)11(13)16-6-3/h7-8H,4-6H2,1-3H3. The molecule has 0 bridgehead atoms. The molecule has 102 valence electrons. The van der Waals surface area contributed by atoms with E-state index >= 15 is 0 Å². The van der Waals surface area contributed by atoms with Crippen LogP contribution in [0.1, 0.15) is 30.4 Å². The molecule has 0 atom stereocenters. The number of rotatable bonds is 6. The van der Waals surface area contributed by atoms with E-state index in [0.29, 0.717) is 18.0 Å². The van der Waals surface area contributed by atoms with Gasteiger partial charge in [-0.1, -0.05) is 13.8 Å². The lowest BCUT2D eigenvalue weighted by atomic mass is 10.5. The first-order valence-electron chi connectivity index (χ1n) is 5.74. The minimum absolute atomic E-state index is 0.175. The van der Waals surface area contributed by atoms with Crippen LogP contribution in [0.2, 0.25) is 0 Å². The van der Waals surface area contributed by atoms with Gasteiger partial charge in [-0.3, -0.25) is 0 Å². The average Bonchev–Trinajstić information content (AvgIpc) is 2.80. The minimum atomic E-state index is -3.48. The van der Waals surface area contributed by atoms with Gasteiger partial charge in [0.1, 0.15) is 9.09 Å². The van der Waals surface area contributed by atoms with Crippen LogP contribution in [0.25, 0.3) is 0 Å². The van der Waals surface area contributed by atoms with Gasteiger partial charge in [0, 0.05) is 13.1 Å². The van der Waals surface area contributed by atoms with Crippen molar-refractivity contribution in [3.05, 3.63) is 17.0 Å². The second-order valence-electron chi connectivity index (χ2n) is 3.43. The summed E-state index contributed by atoms with van der Waals surface area (Å²) < 4.78 is 30.7. The Balaban J connectivity index is 3.02. The molecule has 18 heavy (non-hydrogen) atoms. The van der Waals surface area contributed by atoms with Gasteiger partial charge in [0.2, 0.25) is 0 Å². The van der Waals surface area contributed by atoms with Crippen LogP contribution in [0.15, 0.2) is 16.3 Å². The van der Waals surface area contributed by atoms with E-state index in [1.54, 1.807) is 20.8 Å². The Kier molecular flexibility index (Phi) is 5.30. The second-order valence-corrected chi connectivity index (χ2v) is 6.68. The fraction of sp³-hybridized carbons (Fsp3) is 0.545. The zero-order valence-electron chi connectivity index (χ0n) is 10.7. The SMILES string of the molecule is CCOC(=O)c1ccc(S(=O)(=O)N(CC)CC)s1. The summed E-state index contributed by atoms with van der Waals surface area (Å²) in [5.74, 6) is -0.483. The second kappa shape index (κ2) is 6.31. The van der Waals surface area contributed by atoms with Gasteiger partial charge >= 0.3 is 5.97 Å². The number of sulfonamides is 1. The Morgan fingerprint density at radius 1 is 1.28 bits per heavy atom. The lowest BCUT2D eigenvalue weighted by Crippen LogP contribution is -2.29. The Morgan fingerprint density at radius 2 is 1.89 bits per heavy atom. The molecule has 0 N–H and O–H groups in total. The minimum Gasteiger partial charge on any atom is -0.462 e. The molecule has 0 radical (unpaired) electrons. The third kappa shape index (κ3) is 3.09. The zero-order chi connectivity index (χ0) is 13.8. The van der Waals surface area contributed by atoms with E-state index in [2.05, 4.69) is 0 Å². The van der Waals surface area contributed by atoms with Gasteiger partial charge < -0.3 is 4.74 Å². The van der Waals surface area contributed by atoms with Crippen molar-refractivity contribution in [2.45, 2.75) is 25.0 Å². The smallest absolute Gasteiger partial charge is 0.348 e. The van der Waals surface area contributed by atoms with Gasteiger partial charge in [-0.05, 0) is 19.1 Å². The van der Waals surface area contributed by atoms with Crippen LogP contribution in [0.4, 0.5) is 0 Å². The number of esters is 1. The summed E-state index contributed by atoms with van der Waals surface area (Å²) in [6.07, 6.45) is 0. The van der Waals surface area contributed by atoms with Crippen molar-refractivity contribution in [1.29, 1.82) is 0 Å². The maximum atomic E-state index is 12.2. The molecule has 0 amide bonds. The van der Waals surface area contributed by atoms with Gasteiger partial charge in [-0.2, -0.15) is 4.31 Å². The largest absolute Gasteiger partial charge is 0.462 e. The number of carbonyl (C=O) groups excluding carboxylic acids is 1. The van der Waals surface area contributed by atoms with Crippen molar-refractivity contribution >= 4 is 27.3 Å². The molecular formula is C11H17NO4S2. The van der Waals surface area contributed by atoms with E-state index in [0.717, 1.165) is 11.3 Å². The highest BCUT2D eigenvalue weighted by Crippen LogP contribution is 2.25. The Morgan fingerprint density at radius 3 is 2.39 bits per heavy atom. The van der Waals surface area contributed by atoms with Crippen molar-refractivity contribution in [3.63, 3.8) is 0 Å². The van der Waals surface area contributed by atoms with E-state index in [4.69, 9.17) is 4.74 Å². The highest BCUT2D eigenvalue weighted by atomic mass is 32.2. The molecule has 5 nitrogen and oxygen atoms in total. The van der Waals surface area contributed by atoms with E-state index < -0.39 is 16.0 Å². The summed E-state index contributed by atoms with van der Waals surface area (Å²) in [4.78, 5) is 11.8. The van der Waals surface area contributed by atoms with Crippen molar-refractivity contribution < 1.29 is 17.9 Å². The topological polar surface area (TPSA) is 63.7 Å².